The topological polar surface area (TPSA) is 29.3 Å². The van der Waals surface area contributed by atoms with Gasteiger partial charge in [-0.25, -0.2) is 0 Å². The maximum Gasteiger partial charge on any atom is 0.324 e. The predicted molar refractivity (Wildman–Crippen MR) is 35.5 cm³/mol. The summed E-state index contributed by atoms with van der Waals surface area (Å²) in [5, 5.41) is 0. The Hall–Kier alpha value is -0.570. The molecule has 0 aromatic carbocycles. The Bertz CT molecular complexity index is 169. The zero-order valence-electron chi connectivity index (χ0n) is 6.04. The lowest BCUT2D eigenvalue weighted by molar-refractivity contribution is -0.149. The number of esters is 1. The summed E-state index contributed by atoms with van der Waals surface area (Å²) in [7, 11) is 0. The molecule has 0 saturated carbocycles. The first kappa shape index (κ1) is 6.16. The van der Waals surface area contributed by atoms with Crippen LogP contribution in [0, 0.1) is 0 Å². The molecule has 3 nitrogen and oxygen atoms in total. The summed E-state index contributed by atoms with van der Waals surface area (Å²) in [6.07, 6.45) is 1.09. The van der Waals surface area contributed by atoms with E-state index in [1.54, 1.807) is 0 Å². The molecule has 0 N–H and O–H groups in total. The Kier molecular flexibility index (Phi) is 1.20. The maximum atomic E-state index is 10.8. The number of rotatable bonds is 1. The van der Waals surface area contributed by atoms with Gasteiger partial charge in [-0.1, -0.05) is 6.92 Å². The first-order valence-corrected chi connectivity index (χ1v) is 3.75. The number of morpholine rings is 1. The van der Waals surface area contributed by atoms with E-state index in [1.165, 1.54) is 0 Å². The summed E-state index contributed by atoms with van der Waals surface area (Å²) in [5.74, 6) is -0.0234. The van der Waals surface area contributed by atoms with E-state index in [1.807, 2.05) is 0 Å². The molecule has 0 bridgehead atoms. The quantitative estimate of drug-likeness (QED) is 0.380. The Balaban J connectivity index is 2.01. The van der Waals surface area contributed by atoms with Crippen LogP contribution < -0.4 is 0 Å². The van der Waals surface area contributed by atoms with Gasteiger partial charge in [-0.2, -0.15) is 0 Å². The van der Waals surface area contributed by atoms with E-state index in [4.69, 9.17) is 4.74 Å². The summed E-state index contributed by atoms with van der Waals surface area (Å²) in [4.78, 5) is 13.0. The average molecular weight is 141 g/mol. The smallest absolute Gasteiger partial charge is 0.324 e. The lowest BCUT2D eigenvalue weighted by atomic mass is 10.2. The molecule has 2 heterocycles. The fourth-order valence-electron chi connectivity index (χ4n) is 1.49. The van der Waals surface area contributed by atoms with Crippen LogP contribution in [0.2, 0.25) is 0 Å². The van der Waals surface area contributed by atoms with Crippen molar-refractivity contribution in [3.8, 4) is 0 Å². The van der Waals surface area contributed by atoms with E-state index in [-0.39, 0.29) is 12.0 Å². The highest BCUT2D eigenvalue weighted by Crippen LogP contribution is 2.28. The molecule has 0 radical (unpaired) electrons. The molecule has 3 heteroatoms. The van der Waals surface area contributed by atoms with E-state index < -0.39 is 0 Å². The molecule has 2 aliphatic heterocycles. The van der Waals surface area contributed by atoms with Crippen LogP contribution in [0.25, 0.3) is 0 Å². The van der Waals surface area contributed by atoms with Crippen molar-refractivity contribution in [1.82, 2.24) is 4.90 Å². The minimum atomic E-state index is -0.0234. The number of hydrogen-bond donors (Lipinski definition) is 0. The number of hydrogen-bond acceptors (Lipinski definition) is 3. The van der Waals surface area contributed by atoms with Gasteiger partial charge in [0.15, 0.2) is 0 Å². The Labute approximate surface area is 60.0 Å². The second kappa shape index (κ2) is 1.95. The van der Waals surface area contributed by atoms with E-state index in [0.29, 0.717) is 12.6 Å². The predicted octanol–water partition coefficient (Wildman–Crippen LogP) is 0.00600. The molecule has 3 atom stereocenters. The second-order valence-electron chi connectivity index (χ2n) is 2.90. The third-order valence-corrected chi connectivity index (χ3v) is 2.28. The highest BCUT2D eigenvalue weighted by atomic mass is 16.5. The van der Waals surface area contributed by atoms with E-state index in [2.05, 4.69) is 11.8 Å². The number of nitrogens with zero attached hydrogens (tertiary/aromatic N) is 1. The normalized spacial score (nSPS) is 44.1. The molecular weight excluding hydrogens is 130 g/mol. The van der Waals surface area contributed by atoms with Crippen LogP contribution in [-0.4, -0.2) is 36.1 Å². The van der Waals surface area contributed by atoms with E-state index in [9.17, 15) is 4.79 Å². The fourth-order valence-corrected chi connectivity index (χ4v) is 1.49. The van der Waals surface area contributed by atoms with Gasteiger partial charge >= 0.3 is 5.97 Å². The van der Waals surface area contributed by atoms with Crippen molar-refractivity contribution in [2.75, 3.05) is 13.2 Å². The monoisotopic (exact) mass is 141 g/mol. The van der Waals surface area contributed by atoms with Crippen molar-refractivity contribution in [1.29, 1.82) is 0 Å². The van der Waals surface area contributed by atoms with Gasteiger partial charge in [-0.05, 0) is 6.42 Å². The molecule has 2 rings (SSSR count). The van der Waals surface area contributed by atoms with Crippen molar-refractivity contribution >= 4 is 5.97 Å². The number of carbonyl (C=O) groups excluding carboxylic acids is 1. The highest BCUT2D eigenvalue weighted by Gasteiger charge is 2.49. The molecule has 56 valence electrons. The van der Waals surface area contributed by atoms with Gasteiger partial charge in [0.1, 0.15) is 12.6 Å². The molecule has 10 heavy (non-hydrogen) atoms. The zero-order chi connectivity index (χ0) is 7.14. The summed E-state index contributed by atoms with van der Waals surface area (Å²) in [5.41, 5.74) is 0. The summed E-state index contributed by atoms with van der Waals surface area (Å²) in [6, 6.07) is 0.626. The Morgan fingerprint density at radius 3 is 3.30 bits per heavy atom. The average Bonchev–Trinajstić information content (AvgIpc) is 2.68. The number of carbonyl (C=O) groups is 1. The molecular formula is C7H11NO2. The molecule has 1 unspecified atom stereocenters. The molecule has 2 aliphatic rings. The number of ether oxygens (including phenoxy) is 1. The van der Waals surface area contributed by atoms with Crippen molar-refractivity contribution in [3.05, 3.63) is 0 Å². The Morgan fingerprint density at radius 1 is 1.80 bits per heavy atom. The largest absolute Gasteiger partial charge is 0.463 e. The van der Waals surface area contributed by atoms with Gasteiger partial charge in [0, 0.05) is 12.6 Å². The Morgan fingerprint density at radius 2 is 2.60 bits per heavy atom. The van der Waals surface area contributed by atoms with Gasteiger partial charge in [0.25, 0.3) is 0 Å². The maximum absolute atomic E-state index is 10.8. The molecule has 2 saturated heterocycles. The lowest BCUT2D eigenvalue weighted by Gasteiger charge is -2.21. The minimum Gasteiger partial charge on any atom is -0.463 e. The van der Waals surface area contributed by atoms with Gasteiger partial charge in [0.05, 0.1) is 0 Å². The summed E-state index contributed by atoms with van der Waals surface area (Å²) < 4.78 is 4.95. The van der Waals surface area contributed by atoms with E-state index >= 15 is 0 Å². The van der Waals surface area contributed by atoms with Crippen LogP contribution in [0.4, 0.5) is 0 Å². The van der Waals surface area contributed by atoms with Gasteiger partial charge in [0.2, 0.25) is 0 Å². The van der Waals surface area contributed by atoms with Crippen molar-refractivity contribution in [2.24, 2.45) is 0 Å². The zero-order valence-corrected chi connectivity index (χ0v) is 6.04. The van der Waals surface area contributed by atoms with Crippen LogP contribution in [0.3, 0.4) is 0 Å². The molecule has 0 aromatic heterocycles. The highest BCUT2D eigenvalue weighted by molar-refractivity contribution is 5.80. The van der Waals surface area contributed by atoms with Gasteiger partial charge < -0.3 is 4.74 Å². The standard InChI is InChI=1S/C7H11NO2/c1-2-5-4-10-7(9)6-3-8(5)6/h5-6H,2-4H2,1H3/t5-,6-,8?/m0/s1. The van der Waals surface area contributed by atoms with Crippen LogP contribution in [-0.2, 0) is 9.53 Å². The summed E-state index contributed by atoms with van der Waals surface area (Å²) >= 11 is 0. The lowest BCUT2D eigenvalue weighted by Crippen LogP contribution is -2.35. The molecule has 2 fully saturated rings. The first-order valence-electron chi connectivity index (χ1n) is 3.75. The van der Waals surface area contributed by atoms with Gasteiger partial charge in [-0.3, -0.25) is 9.69 Å². The molecule has 0 aliphatic carbocycles. The fraction of sp³-hybridized carbons (Fsp3) is 0.857. The molecule has 0 spiro atoms. The van der Waals surface area contributed by atoms with Crippen molar-refractivity contribution in [2.45, 2.75) is 25.4 Å². The SMILES string of the molecule is CC[C@H]1COC(=O)[C@@H]2CN12. The van der Waals surface area contributed by atoms with Crippen molar-refractivity contribution < 1.29 is 9.53 Å². The van der Waals surface area contributed by atoms with Crippen LogP contribution >= 0.6 is 0 Å². The molecule has 0 amide bonds. The van der Waals surface area contributed by atoms with Crippen LogP contribution in [0.15, 0.2) is 0 Å². The van der Waals surface area contributed by atoms with Crippen LogP contribution in [0.5, 0.6) is 0 Å². The third kappa shape index (κ3) is 0.736. The first-order chi connectivity index (χ1) is 4.83. The third-order valence-electron chi connectivity index (χ3n) is 2.28. The van der Waals surface area contributed by atoms with Gasteiger partial charge in [-0.15, -0.1) is 0 Å². The second-order valence-corrected chi connectivity index (χ2v) is 2.90. The van der Waals surface area contributed by atoms with E-state index in [0.717, 1.165) is 13.0 Å². The number of fused-ring (bicyclic) bond motifs is 1. The minimum absolute atomic E-state index is 0.0234. The number of cyclic esters (lactones) is 1. The van der Waals surface area contributed by atoms with Crippen molar-refractivity contribution in [3.63, 3.8) is 0 Å². The summed E-state index contributed by atoms with van der Waals surface area (Å²) in [6.45, 7) is 3.66. The van der Waals surface area contributed by atoms with Crippen LogP contribution in [0.1, 0.15) is 13.3 Å². The molecule has 0 aromatic rings.